The normalized spacial score (nSPS) is 10.1. The van der Waals surface area contributed by atoms with Gasteiger partial charge in [-0.15, -0.1) is 0 Å². The smallest absolute Gasteiger partial charge is 0.337 e. The van der Waals surface area contributed by atoms with Gasteiger partial charge in [0.05, 0.1) is 12.7 Å². The Balaban J connectivity index is 2.10. The molecule has 1 aromatic heterocycles. The second-order valence-corrected chi connectivity index (χ2v) is 3.77. The summed E-state index contributed by atoms with van der Waals surface area (Å²) in [6.45, 7) is 0.587. The lowest BCUT2D eigenvalue weighted by Crippen LogP contribution is -2.38. The molecule has 1 aromatic carbocycles. The van der Waals surface area contributed by atoms with Gasteiger partial charge in [0.25, 0.3) is 0 Å². The molecule has 5 heteroatoms. The van der Waals surface area contributed by atoms with Gasteiger partial charge >= 0.3 is 5.97 Å². The van der Waals surface area contributed by atoms with E-state index in [1.807, 2.05) is 24.3 Å². The van der Waals surface area contributed by atoms with Gasteiger partial charge in [-0.3, -0.25) is 0 Å². The summed E-state index contributed by atoms with van der Waals surface area (Å²) in [5, 5.41) is 12.8. The highest BCUT2D eigenvalue weighted by atomic mass is 16.5. The van der Waals surface area contributed by atoms with Gasteiger partial charge in [-0.1, -0.05) is 4.68 Å². The monoisotopic (exact) mass is 245 g/mol. The van der Waals surface area contributed by atoms with E-state index in [2.05, 4.69) is 5.10 Å². The van der Waals surface area contributed by atoms with Crippen LogP contribution in [0.25, 0.3) is 0 Å². The van der Waals surface area contributed by atoms with E-state index < -0.39 is 5.97 Å². The molecule has 0 bridgehead atoms. The molecule has 0 aliphatic rings. The predicted molar refractivity (Wildman–Crippen MR) is 63.5 cm³/mol. The van der Waals surface area contributed by atoms with Crippen LogP contribution in [0.3, 0.4) is 0 Å². The third-order valence-corrected chi connectivity index (χ3v) is 2.52. The molecule has 92 valence electrons. The highest BCUT2D eigenvalue weighted by Crippen LogP contribution is 2.10. The lowest BCUT2D eigenvalue weighted by Gasteiger charge is -2.00. The Labute approximate surface area is 104 Å². The van der Waals surface area contributed by atoms with E-state index >= 15 is 0 Å². The summed E-state index contributed by atoms with van der Waals surface area (Å²) in [4.78, 5) is 10.7. The summed E-state index contributed by atoms with van der Waals surface area (Å²) in [7, 11) is 1.62. The molecule has 0 atom stereocenters. The van der Waals surface area contributed by atoms with E-state index in [1.165, 1.54) is 12.3 Å². The number of hydrogen-bond donors (Lipinski definition) is 1. The topological polar surface area (TPSA) is 63.3 Å². The maximum Gasteiger partial charge on any atom is 0.337 e. The highest BCUT2D eigenvalue weighted by Gasteiger charge is 2.08. The number of methoxy groups -OCH3 is 1. The number of ether oxygens (including phenoxy) is 1. The minimum atomic E-state index is -0.973. The lowest BCUT2D eigenvalue weighted by atomic mass is 10.2. The first-order valence-electron chi connectivity index (χ1n) is 5.41. The molecule has 1 heterocycles. The molecule has 18 heavy (non-hydrogen) atoms. The van der Waals surface area contributed by atoms with Crippen molar-refractivity contribution in [3.63, 3.8) is 0 Å². The first-order chi connectivity index (χ1) is 8.69. The number of rotatable bonds is 4. The van der Waals surface area contributed by atoms with Gasteiger partial charge in [-0.25, -0.2) is 4.79 Å². The Morgan fingerprint density at radius 2 is 2.06 bits per heavy atom. The van der Waals surface area contributed by atoms with Gasteiger partial charge < -0.3 is 9.84 Å². The van der Waals surface area contributed by atoms with Crippen molar-refractivity contribution < 1.29 is 19.3 Å². The molecule has 2 aromatic rings. The minimum Gasteiger partial charge on any atom is -0.497 e. The van der Waals surface area contributed by atoms with Crippen LogP contribution in [0.1, 0.15) is 15.9 Å². The molecule has 0 saturated carbocycles. The van der Waals surface area contributed by atoms with Gasteiger partial charge in [0.2, 0.25) is 0 Å². The molecule has 5 nitrogen and oxygen atoms in total. The Morgan fingerprint density at radius 3 is 2.56 bits per heavy atom. The summed E-state index contributed by atoms with van der Waals surface area (Å²) in [5.41, 5.74) is 1.25. The average Bonchev–Trinajstić information content (AvgIpc) is 2.40. The lowest BCUT2D eigenvalue weighted by molar-refractivity contribution is -0.746. The van der Waals surface area contributed by atoms with E-state index in [-0.39, 0.29) is 5.56 Å². The number of carboxylic acid groups (broad SMARTS) is 1. The zero-order valence-electron chi connectivity index (χ0n) is 9.91. The van der Waals surface area contributed by atoms with E-state index in [1.54, 1.807) is 18.0 Å². The van der Waals surface area contributed by atoms with Crippen molar-refractivity contribution in [2.45, 2.75) is 6.54 Å². The number of nitrogens with zero attached hydrogens (tertiary/aromatic N) is 2. The first-order valence-corrected chi connectivity index (χ1v) is 5.41. The molecule has 0 unspecified atom stereocenters. The Hall–Kier alpha value is -2.43. The van der Waals surface area contributed by atoms with Gasteiger partial charge in [0.15, 0.2) is 12.7 Å². The molecule has 0 radical (unpaired) electrons. The van der Waals surface area contributed by atoms with Crippen molar-refractivity contribution in [2.75, 3.05) is 7.11 Å². The fourth-order valence-electron chi connectivity index (χ4n) is 1.52. The first kappa shape index (κ1) is 12.0. The molecular formula is C13H13N2O3+. The summed E-state index contributed by atoms with van der Waals surface area (Å²) in [5.74, 6) is -0.169. The average molecular weight is 245 g/mol. The molecule has 2 rings (SSSR count). The third-order valence-electron chi connectivity index (χ3n) is 2.52. The van der Waals surface area contributed by atoms with Crippen LogP contribution >= 0.6 is 0 Å². The molecule has 0 aliphatic heterocycles. The van der Waals surface area contributed by atoms with Gasteiger partial charge in [0.1, 0.15) is 11.9 Å². The Morgan fingerprint density at radius 1 is 1.33 bits per heavy atom. The van der Waals surface area contributed by atoms with E-state index in [0.29, 0.717) is 6.54 Å². The zero-order chi connectivity index (χ0) is 13.0. The second kappa shape index (κ2) is 5.27. The van der Waals surface area contributed by atoms with Crippen LogP contribution in [0, 0.1) is 0 Å². The molecule has 0 fully saturated rings. The standard InChI is InChI=1S/C13H12N2O3/c1-18-12-4-2-10(3-5-12)9-15-7-6-11(8-14-15)13(16)17/h2-8H,9H2,1H3/p+1. The van der Waals surface area contributed by atoms with Crippen LogP contribution in [-0.4, -0.2) is 23.3 Å². The van der Waals surface area contributed by atoms with Crippen molar-refractivity contribution in [1.29, 1.82) is 0 Å². The third kappa shape index (κ3) is 2.82. The van der Waals surface area contributed by atoms with Crippen LogP contribution in [0.2, 0.25) is 0 Å². The molecule has 0 amide bonds. The Bertz CT molecular complexity index is 535. The minimum absolute atomic E-state index is 0.181. The summed E-state index contributed by atoms with van der Waals surface area (Å²) in [6.07, 6.45) is 2.99. The van der Waals surface area contributed by atoms with Crippen molar-refractivity contribution >= 4 is 5.97 Å². The number of aromatic nitrogens is 2. The van der Waals surface area contributed by atoms with Crippen LogP contribution in [0.4, 0.5) is 0 Å². The zero-order valence-corrected chi connectivity index (χ0v) is 9.91. The van der Waals surface area contributed by atoms with Gasteiger partial charge in [0, 0.05) is 11.6 Å². The van der Waals surface area contributed by atoms with Crippen LogP contribution < -0.4 is 9.42 Å². The fraction of sp³-hybridized carbons (Fsp3) is 0.154. The fourth-order valence-corrected chi connectivity index (χ4v) is 1.52. The van der Waals surface area contributed by atoms with Gasteiger partial charge in [-0.05, 0) is 29.4 Å². The number of carboxylic acids is 1. The van der Waals surface area contributed by atoms with Crippen molar-refractivity contribution in [1.82, 2.24) is 5.10 Å². The second-order valence-electron chi connectivity index (χ2n) is 3.77. The summed E-state index contributed by atoms with van der Waals surface area (Å²) >= 11 is 0. The largest absolute Gasteiger partial charge is 0.497 e. The molecule has 0 spiro atoms. The molecular weight excluding hydrogens is 232 g/mol. The van der Waals surface area contributed by atoms with Crippen molar-refractivity contribution in [2.24, 2.45) is 0 Å². The van der Waals surface area contributed by atoms with E-state index in [9.17, 15) is 4.79 Å². The molecule has 1 N–H and O–H groups in total. The molecule has 0 aliphatic carbocycles. The van der Waals surface area contributed by atoms with Crippen molar-refractivity contribution in [3.8, 4) is 5.75 Å². The maximum atomic E-state index is 10.7. The quantitative estimate of drug-likeness (QED) is 0.820. The van der Waals surface area contributed by atoms with Crippen molar-refractivity contribution in [3.05, 3.63) is 53.9 Å². The summed E-state index contributed by atoms with van der Waals surface area (Å²) in [6, 6.07) is 9.17. The van der Waals surface area contributed by atoms with Gasteiger partial charge in [-0.2, -0.15) is 0 Å². The van der Waals surface area contributed by atoms with E-state index in [0.717, 1.165) is 11.3 Å². The number of benzene rings is 1. The molecule has 0 saturated heterocycles. The SMILES string of the molecule is COc1ccc(C[n+]2ccc(C(=O)O)cn2)cc1. The van der Waals surface area contributed by atoms with E-state index in [4.69, 9.17) is 9.84 Å². The van der Waals surface area contributed by atoms with Crippen LogP contribution in [0.5, 0.6) is 5.75 Å². The highest BCUT2D eigenvalue weighted by molar-refractivity contribution is 5.86. The Kier molecular flexibility index (Phi) is 3.52. The maximum absolute atomic E-state index is 10.7. The number of aromatic carboxylic acids is 1. The summed E-state index contributed by atoms with van der Waals surface area (Å²) < 4.78 is 6.75. The van der Waals surface area contributed by atoms with Crippen LogP contribution in [0.15, 0.2) is 42.7 Å². The number of hydrogen-bond acceptors (Lipinski definition) is 3. The number of carbonyl (C=O) groups is 1. The van der Waals surface area contributed by atoms with Crippen LogP contribution in [-0.2, 0) is 6.54 Å². The predicted octanol–water partition coefficient (Wildman–Crippen LogP) is 1.12.